The van der Waals surface area contributed by atoms with Gasteiger partial charge in [-0.05, 0) is 25.7 Å². The van der Waals surface area contributed by atoms with Crippen LogP contribution in [0.25, 0.3) is 0 Å². The predicted octanol–water partition coefficient (Wildman–Crippen LogP) is 2.37. The zero-order valence-electron chi connectivity index (χ0n) is 11.5. The van der Waals surface area contributed by atoms with Crippen molar-refractivity contribution in [2.24, 2.45) is 11.7 Å². The first-order chi connectivity index (χ1) is 9.15. The Balaban J connectivity index is 1.90. The predicted molar refractivity (Wildman–Crippen MR) is 77.9 cm³/mol. The third-order valence-electron chi connectivity index (χ3n) is 3.85. The van der Waals surface area contributed by atoms with E-state index >= 15 is 0 Å². The van der Waals surface area contributed by atoms with Crippen molar-refractivity contribution in [3.63, 3.8) is 0 Å². The molecule has 0 spiro atoms. The number of carbonyl (C=O) groups excluding carboxylic acids is 1. The molecule has 0 aliphatic heterocycles. The van der Waals surface area contributed by atoms with Crippen LogP contribution in [0.4, 0.5) is 0 Å². The minimum atomic E-state index is -0.211. The van der Waals surface area contributed by atoms with Crippen LogP contribution in [-0.2, 0) is 11.3 Å². The molecule has 1 saturated carbocycles. The summed E-state index contributed by atoms with van der Waals surface area (Å²) in [6.07, 6.45) is 6.73. The fraction of sp³-hybridized carbons (Fsp3) is 0.714. The Morgan fingerprint density at radius 3 is 2.84 bits per heavy atom. The van der Waals surface area contributed by atoms with Gasteiger partial charge in [0.15, 0.2) is 0 Å². The number of nitrogens with zero attached hydrogens (tertiary/aromatic N) is 1. The van der Waals surface area contributed by atoms with Crippen LogP contribution in [-0.4, -0.2) is 16.9 Å². The van der Waals surface area contributed by atoms with Crippen molar-refractivity contribution < 1.29 is 4.79 Å². The Morgan fingerprint density at radius 2 is 2.26 bits per heavy atom. The molecule has 0 bridgehead atoms. The highest BCUT2D eigenvalue weighted by molar-refractivity contribution is 7.09. The molecule has 0 radical (unpaired) electrons. The smallest absolute Gasteiger partial charge is 0.218 e. The Kier molecular flexibility index (Phi) is 5.34. The first-order valence-electron chi connectivity index (χ1n) is 7.08. The maximum atomic E-state index is 11.2. The van der Waals surface area contributed by atoms with Crippen molar-refractivity contribution >= 4 is 17.2 Å². The van der Waals surface area contributed by atoms with Gasteiger partial charge in [0.2, 0.25) is 5.91 Å². The summed E-state index contributed by atoms with van der Waals surface area (Å²) in [6.45, 7) is 2.75. The second kappa shape index (κ2) is 7.01. The molecule has 2 rings (SSSR count). The van der Waals surface area contributed by atoms with Crippen LogP contribution in [0, 0.1) is 12.8 Å². The van der Waals surface area contributed by atoms with Gasteiger partial charge in [-0.2, -0.15) is 0 Å². The molecule has 0 aromatic carbocycles. The number of hydrogen-bond donors (Lipinski definition) is 2. The van der Waals surface area contributed by atoms with E-state index in [4.69, 9.17) is 5.73 Å². The minimum Gasteiger partial charge on any atom is -0.370 e. The molecule has 1 aliphatic carbocycles. The van der Waals surface area contributed by atoms with E-state index in [0.717, 1.165) is 17.2 Å². The van der Waals surface area contributed by atoms with Gasteiger partial charge in [0.05, 0.1) is 10.7 Å². The summed E-state index contributed by atoms with van der Waals surface area (Å²) in [7, 11) is 0. The first-order valence-corrected chi connectivity index (χ1v) is 7.96. The number of hydrogen-bond acceptors (Lipinski definition) is 4. The number of nitrogens with one attached hydrogen (secondary N) is 1. The summed E-state index contributed by atoms with van der Waals surface area (Å²) in [5, 5.41) is 6.65. The lowest BCUT2D eigenvalue weighted by molar-refractivity contribution is -0.118. The molecule has 1 heterocycles. The van der Waals surface area contributed by atoms with Crippen LogP contribution in [0.3, 0.4) is 0 Å². The number of carbonyl (C=O) groups is 1. The number of amides is 1. The molecule has 1 atom stereocenters. The number of primary amides is 1. The number of nitrogens with two attached hydrogens (primary N) is 1. The lowest BCUT2D eigenvalue weighted by Gasteiger charge is -2.30. The summed E-state index contributed by atoms with van der Waals surface area (Å²) in [6, 6.07) is 0.208. The van der Waals surface area contributed by atoms with Gasteiger partial charge in [-0.1, -0.05) is 19.3 Å². The second-order valence-corrected chi connectivity index (χ2v) is 6.48. The zero-order chi connectivity index (χ0) is 13.7. The zero-order valence-corrected chi connectivity index (χ0v) is 12.3. The average Bonchev–Trinajstić information content (AvgIpc) is 2.81. The normalized spacial score (nSPS) is 18.4. The first kappa shape index (κ1) is 14.5. The fourth-order valence-electron chi connectivity index (χ4n) is 2.88. The van der Waals surface area contributed by atoms with Gasteiger partial charge < -0.3 is 11.1 Å². The van der Waals surface area contributed by atoms with E-state index in [2.05, 4.69) is 15.7 Å². The molecule has 1 aromatic heterocycles. The van der Waals surface area contributed by atoms with Crippen molar-refractivity contribution in [3.05, 3.63) is 16.1 Å². The van der Waals surface area contributed by atoms with E-state index in [1.165, 1.54) is 32.1 Å². The number of thiazole rings is 1. The van der Waals surface area contributed by atoms with Gasteiger partial charge in [-0.15, -0.1) is 11.3 Å². The third-order valence-corrected chi connectivity index (χ3v) is 4.67. The van der Waals surface area contributed by atoms with Crippen LogP contribution in [0.15, 0.2) is 5.38 Å². The summed E-state index contributed by atoms with van der Waals surface area (Å²) >= 11 is 1.66. The van der Waals surface area contributed by atoms with Crippen LogP contribution in [0.5, 0.6) is 0 Å². The van der Waals surface area contributed by atoms with Gasteiger partial charge >= 0.3 is 0 Å². The lowest BCUT2D eigenvalue weighted by atomic mass is 9.82. The van der Waals surface area contributed by atoms with Crippen LogP contribution in [0.2, 0.25) is 0 Å². The quantitative estimate of drug-likeness (QED) is 0.841. The monoisotopic (exact) mass is 281 g/mol. The molecule has 1 amide bonds. The number of rotatable bonds is 6. The van der Waals surface area contributed by atoms with Crippen molar-refractivity contribution in [2.45, 2.75) is 58.0 Å². The molecule has 1 fully saturated rings. The molecule has 106 valence electrons. The molecule has 0 saturated heterocycles. The molecule has 5 heteroatoms. The van der Waals surface area contributed by atoms with Crippen molar-refractivity contribution in [1.29, 1.82) is 0 Å². The largest absolute Gasteiger partial charge is 0.370 e. The Labute approximate surface area is 118 Å². The van der Waals surface area contributed by atoms with E-state index in [-0.39, 0.29) is 11.9 Å². The van der Waals surface area contributed by atoms with Crippen LogP contribution >= 0.6 is 11.3 Å². The summed E-state index contributed by atoms with van der Waals surface area (Å²) in [5.74, 6) is 0.374. The highest BCUT2D eigenvalue weighted by atomic mass is 32.1. The maximum absolute atomic E-state index is 11.2. The molecule has 1 aliphatic rings. The Hall–Kier alpha value is -0.940. The molecule has 4 nitrogen and oxygen atoms in total. The molecular weight excluding hydrogens is 258 g/mol. The Bertz CT molecular complexity index is 413. The molecule has 1 unspecified atom stereocenters. The molecule has 19 heavy (non-hydrogen) atoms. The standard InChI is InChI=1S/C14H23N3OS/c1-10-17-12(9-19-10)8-16-13(7-14(15)18)11-5-3-2-4-6-11/h9,11,13,16H,2-8H2,1H3,(H2,15,18). The van der Waals surface area contributed by atoms with E-state index in [9.17, 15) is 4.79 Å². The van der Waals surface area contributed by atoms with E-state index in [1.807, 2.05) is 6.92 Å². The minimum absolute atomic E-state index is 0.208. The van der Waals surface area contributed by atoms with Crippen LogP contribution in [0.1, 0.15) is 49.2 Å². The summed E-state index contributed by atoms with van der Waals surface area (Å²) in [5.41, 5.74) is 6.44. The second-order valence-electron chi connectivity index (χ2n) is 5.41. The SMILES string of the molecule is Cc1nc(CNC(CC(N)=O)C2CCCCC2)cs1. The van der Waals surface area contributed by atoms with E-state index < -0.39 is 0 Å². The third kappa shape index (κ3) is 4.58. The number of aromatic nitrogens is 1. The maximum Gasteiger partial charge on any atom is 0.218 e. The van der Waals surface area contributed by atoms with E-state index in [1.54, 1.807) is 11.3 Å². The van der Waals surface area contributed by atoms with Crippen molar-refractivity contribution in [2.75, 3.05) is 0 Å². The Morgan fingerprint density at radius 1 is 1.53 bits per heavy atom. The summed E-state index contributed by atoms with van der Waals surface area (Å²) < 4.78 is 0. The highest BCUT2D eigenvalue weighted by Crippen LogP contribution is 2.28. The van der Waals surface area contributed by atoms with Gasteiger partial charge in [0.25, 0.3) is 0 Å². The van der Waals surface area contributed by atoms with Gasteiger partial charge in [-0.25, -0.2) is 4.98 Å². The molecular formula is C14H23N3OS. The topological polar surface area (TPSA) is 68.0 Å². The van der Waals surface area contributed by atoms with Crippen LogP contribution < -0.4 is 11.1 Å². The van der Waals surface area contributed by atoms with Gasteiger partial charge in [0.1, 0.15) is 0 Å². The molecule has 3 N–H and O–H groups in total. The summed E-state index contributed by atoms with van der Waals surface area (Å²) in [4.78, 5) is 15.7. The van der Waals surface area contributed by atoms with Gasteiger partial charge in [0, 0.05) is 24.4 Å². The number of aryl methyl sites for hydroxylation is 1. The lowest BCUT2D eigenvalue weighted by Crippen LogP contribution is -2.40. The average molecular weight is 281 g/mol. The fourth-order valence-corrected chi connectivity index (χ4v) is 3.50. The van der Waals surface area contributed by atoms with Crippen molar-refractivity contribution in [1.82, 2.24) is 10.3 Å². The van der Waals surface area contributed by atoms with E-state index in [0.29, 0.717) is 12.3 Å². The van der Waals surface area contributed by atoms with Gasteiger partial charge in [-0.3, -0.25) is 4.79 Å². The highest BCUT2D eigenvalue weighted by Gasteiger charge is 2.24. The van der Waals surface area contributed by atoms with Crippen molar-refractivity contribution in [3.8, 4) is 0 Å². The molecule has 1 aromatic rings.